The standard InChI is InChI=1S/C14H15NO5/c1-8-2-3-11-9(6-8)7-12(20-11)13(17)15-10(4-5-16)14(18)19/h2-3,6-7,10,16H,4-5H2,1H3,(H,15,17)(H,18,19)/t10-/m0/s1. The van der Waals surface area contributed by atoms with Crippen LogP contribution in [0.15, 0.2) is 28.7 Å². The molecule has 0 aliphatic carbocycles. The van der Waals surface area contributed by atoms with E-state index in [1.165, 1.54) is 0 Å². The highest BCUT2D eigenvalue weighted by Gasteiger charge is 2.22. The van der Waals surface area contributed by atoms with E-state index < -0.39 is 17.9 Å². The van der Waals surface area contributed by atoms with Crippen LogP contribution >= 0.6 is 0 Å². The minimum atomic E-state index is -1.20. The van der Waals surface area contributed by atoms with Crippen molar-refractivity contribution in [1.29, 1.82) is 0 Å². The van der Waals surface area contributed by atoms with Gasteiger partial charge in [-0.25, -0.2) is 4.79 Å². The van der Waals surface area contributed by atoms with Crippen molar-refractivity contribution in [2.75, 3.05) is 6.61 Å². The van der Waals surface area contributed by atoms with Crippen LogP contribution < -0.4 is 5.32 Å². The van der Waals surface area contributed by atoms with Gasteiger partial charge in [-0.1, -0.05) is 11.6 Å². The minimum absolute atomic E-state index is 0.0507. The molecular weight excluding hydrogens is 262 g/mol. The molecule has 2 rings (SSSR count). The van der Waals surface area contributed by atoms with Crippen LogP contribution in [-0.4, -0.2) is 34.7 Å². The number of carboxylic acid groups (broad SMARTS) is 1. The molecular formula is C14H15NO5. The highest BCUT2D eigenvalue weighted by Crippen LogP contribution is 2.20. The molecule has 106 valence electrons. The number of aryl methyl sites for hydroxylation is 1. The van der Waals surface area contributed by atoms with E-state index in [4.69, 9.17) is 14.6 Å². The summed E-state index contributed by atoms with van der Waals surface area (Å²) in [6.45, 7) is 1.60. The lowest BCUT2D eigenvalue weighted by atomic mass is 10.2. The van der Waals surface area contributed by atoms with Gasteiger partial charge in [0, 0.05) is 18.4 Å². The Morgan fingerprint density at radius 1 is 1.35 bits per heavy atom. The third-order valence-electron chi connectivity index (χ3n) is 2.92. The number of benzene rings is 1. The Hall–Kier alpha value is -2.34. The first-order chi connectivity index (χ1) is 9.51. The van der Waals surface area contributed by atoms with Crippen molar-refractivity contribution >= 4 is 22.8 Å². The van der Waals surface area contributed by atoms with E-state index in [1.54, 1.807) is 12.1 Å². The fraction of sp³-hybridized carbons (Fsp3) is 0.286. The third-order valence-corrected chi connectivity index (χ3v) is 2.92. The molecule has 1 heterocycles. The number of amides is 1. The molecule has 1 aromatic carbocycles. The summed E-state index contributed by atoms with van der Waals surface area (Å²) in [7, 11) is 0. The first kappa shape index (κ1) is 14.1. The van der Waals surface area contributed by atoms with Crippen LogP contribution in [0.1, 0.15) is 22.5 Å². The van der Waals surface area contributed by atoms with Crippen molar-refractivity contribution < 1.29 is 24.2 Å². The summed E-state index contributed by atoms with van der Waals surface area (Å²) in [6.07, 6.45) is -0.0551. The Morgan fingerprint density at radius 2 is 2.10 bits per heavy atom. The van der Waals surface area contributed by atoms with Gasteiger partial charge < -0.3 is 19.9 Å². The van der Waals surface area contributed by atoms with Crippen LogP contribution in [0.25, 0.3) is 11.0 Å². The molecule has 0 saturated heterocycles. The first-order valence-corrected chi connectivity index (χ1v) is 6.16. The number of hydrogen-bond acceptors (Lipinski definition) is 4. The normalized spacial score (nSPS) is 12.3. The second-order valence-electron chi connectivity index (χ2n) is 4.53. The van der Waals surface area contributed by atoms with Gasteiger partial charge in [-0.3, -0.25) is 4.79 Å². The molecule has 20 heavy (non-hydrogen) atoms. The van der Waals surface area contributed by atoms with E-state index in [1.807, 2.05) is 19.1 Å². The van der Waals surface area contributed by atoms with Crippen LogP contribution in [0.5, 0.6) is 0 Å². The molecule has 2 aromatic rings. The van der Waals surface area contributed by atoms with Gasteiger partial charge in [-0.2, -0.15) is 0 Å². The average Bonchev–Trinajstić information content (AvgIpc) is 2.80. The number of carboxylic acids is 1. The number of aliphatic carboxylic acids is 1. The number of carbonyl (C=O) groups is 2. The molecule has 6 nitrogen and oxygen atoms in total. The Morgan fingerprint density at radius 3 is 2.75 bits per heavy atom. The van der Waals surface area contributed by atoms with Gasteiger partial charge in [-0.05, 0) is 25.1 Å². The van der Waals surface area contributed by atoms with E-state index in [0.717, 1.165) is 10.9 Å². The number of fused-ring (bicyclic) bond motifs is 1. The first-order valence-electron chi connectivity index (χ1n) is 6.16. The number of carbonyl (C=O) groups excluding carboxylic acids is 1. The number of nitrogens with one attached hydrogen (secondary N) is 1. The van der Waals surface area contributed by atoms with Gasteiger partial charge in [-0.15, -0.1) is 0 Å². The lowest BCUT2D eigenvalue weighted by Gasteiger charge is -2.11. The van der Waals surface area contributed by atoms with Crippen LogP contribution in [0.2, 0.25) is 0 Å². The molecule has 0 fully saturated rings. The Kier molecular flexibility index (Phi) is 4.05. The quantitative estimate of drug-likeness (QED) is 0.765. The van der Waals surface area contributed by atoms with E-state index in [0.29, 0.717) is 5.58 Å². The Balaban J connectivity index is 2.20. The molecule has 1 amide bonds. The van der Waals surface area contributed by atoms with Gasteiger partial charge in [0.15, 0.2) is 5.76 Å². The second-order valence-corrected chi connectivity index (χ2v) is 4.53. The molecule has 6 heteroatoms. The molecule has 0 aliphatic heterocycles. The zero-order valence-electron chi connectivity index (χ0n) is 10.9. The van der Waals surface area contributed by atoms with Crippen LogP contribution in [0.4, 0.5) is 0 Å². The smallest absolute Gasteiger partial charge is 0.326 e. The summed E-state index contributed by atoms with van der Waals surface area (Å²) >= 11 is 0. The lowest BCUT2D eigenvalue weighted by Crippen LogP contribution is -2.41. The lowest BCUT2D eigenvalue weighted by molar-refractivity contribution is -0.139. The molecule has 3 N–H and O–H groups in total. The average molecular weight is 277 g/mol. The predicted molar refractivity (Wildman–Crippen MR) is 71.5 cm³/mol. The van der Waals surface area contributed by atoms with Crippen molar-refractivity contribution in [3.8, 4) is 0 Å². The fourth-order valence-electron chi connectivity index (χ4n) is 1.89. The molecule has 0 bridgehead atoms. The molecule has 1 atom stereocenters. The number of furan rings is 1. The highest BCUT2D eigenvalue weighted by atomic mass is 16.4. The predicted octanol–water partition coefficient (Wildman–Crippen LogP) is 1.31. The van der Waals surface area contributed by atoms with E-state index in [2.05, 4.69) is 5.32 Å². The van der Waals surface area contributed by atoms with Crippen LogP contribution in [0.3, 0.4) is 0 Å². The number of rotatable bonds is 5. The van der Waals surface area contributed by atoms with Crippen molar-refractivity contribution in [3.63, 3.8) is 0 Å². The third kappa shape index (κ3) is 2.97. The SMILES string of the molecule is Cc1ccc2oc(C(=O)N[C@@H](CCO)C(=O)O)cc2c1. The summed E-state index contributed by atoms with van der Waals surface area (Å²) in [5.41, 5.74) is 1.60. The van der Waals surface area contributed by atoms with Crippen LogP contribution in [0, 0.1) is 6.92 Å². The van der Waals surface area contributed by atoms with Gasteiger partial charge in [0.2, 0.25) is 0 Å². The monoisotopic (exact) mass is 277 g/mol. The topological polar surface area (TPSA) is 99.8 Å². The Bertz CT molecular complexity index is 646. The van der Waals surface area contributed by atoms with Crippen molar-refractivity contribution in [1.82, 2.24) is 5.32 Å². The van der Waals surface area contributed by atoms with Gasteiger partial charge >= 0.3 is 5.97 Å². The maximum Gasteiger partial charge on any atom is 0.326 e. The van der Waals surface area contributed by atoms with Crippen LogP contribution in [-0.2, 0) is 4.79 Å². The summed E-state index contributed by atoms with van der Waals surface area (Å²) < 4.78 is 5.38. The summed E-state index contributed by atoms with van der Waals surface area (Å²) in [5, 5.41) is 20.8. The van der Waals surface area contributed by atoms with Gasteiger partial charge in [0.05, 0.1) is 0 Å². The Labute approximate surface area is 115 Å². The van der Waals surface area contributed by atoms with E-state index in [9.17, 15) is 9.59 Å². The highest BCUT2D eigenvalue weighted by molar-refractivity contribution is 5.98. The largest absolute Gasteiger partial charge is 0.480 e. The summed E-state index contributed by atoms with van der Waals surface area (Å²) in [6, 6.07) is 5.92. The number of aliphatic hydroxyl groups is 1. The number of aliphatic hydroxyl groups excluding tert-OH is 1. The zero-order chi connectivity index (χ0) is 14.7. The van der Waals surface area contributed by atoms with Gasteiger partial charge in [0.25, 0.3) is 5.91 Å². The second kappa shape index (κ2) is 5.75. The van der Waals surface area contributed by atoms with Crippen molar-refractivity contribution in [2.24, 2.45) is 0 Å². The molecule has 0 aliphatic rings. The van der Waals surface area contributed by atoms with Crippen molar-refractivity contribution in [3.05, 3.63) is 35.6 Å². The zero-order valence-corrected chi connectivity index (χ0v) is 10.9. The number of hydrogen-bond donors (Lipinski definition) is 3. The fourth-order valence-corrected chi connectivity index (χ4v) is 1.89. The minimum Gasteiger partial charge on any atom is -0.480 e. The molecule has 0 saturated carbocycles. The van der Waals surface area contributed by atoms with E-state index in [-0.39, 0.29) is 18.8 Å². The maximum atomic E-state index is 11.9. The van der Waals surface area contributed by atoms with E-state index >= 15 is 0 Å². The maximum absolute atomic E-state index is 11.9. The summed E-state index contributed by atoms with van der Waals surface area (Å²) in [5.74, 6) is -1.76. The molecule has 1 aromatic heterocycles. The summed E-state index contributed by atoms with van der Waals surface area (Å²) in [4.78, 5) is 22.9. The molecule has 0 spiro atoms. The molecule has 0 unspecified atom stereocenters. The van der Waals surface area contributed by atoms with Gasteiger partial charge in [0.1, 0.15) is 11.6 Å². The molecule has 0 radical (unpaired) electrons. The van der Waals surface area contributed by atoms with Crippen molar-refractivity contribution in [2.45, 2.75) is 19.4 Å².